The predicted octanol–water partition coefficient (Wildman–Crippen LogP) is 1.88. The van der Waals surface area contributed by atoms with Crippen molar-refractivity contribution in [1.29, 1.82) is 0 Å². The first kappa shape index (κ1) is 8.09. The smallest absolute Gasteiger partial charge is 0.0772 e. The van der Waals surface area contributed by atoms with E-state index in [4.69, 9.17) is 0 Å². The van der Waals surface area contributed by atoms with Gasteiger partial charge in [-0.3, -0.25) is 4.68 Å². The van der Waals surface area contributed by atoms with E-state index >= 15 is 0 Å². The molecule has 0 bridgehead atoms. The standard InChI is InChI=1S/C10H8N2S/c1-12-8-9(7-11-12)4-5-10-3-2-6-13-10/h2-3,6-8H,1H3. The molecular weight excluding hydrogens is 180 g/mol. The van der Waals surface area contributed by atoms with Crippen LogP contribution in [-0.2, 0) is 7.05 Å². The van der Waals surface area contributed by atoms with E-state index in [0.29, 0.717) is 0 Å². The summed E-state index contributed by atoms with van der Waals surface area (Å²) in [5, 5.41) is 6.06. The van der Waals surface area contributed by atoms with Crippen LogP contribution in [0.25, 0.3) is 0 Å². The molecule has 2 aromatic heterocycles. The Morgan fingerprint density at radius 2 is 2.38 bits per heavy atom. The minimum Gasteiger partial charge on any atom is -0.275 e. The third kappa shape index (κ3) is 1.98. The first-order chi connectivity index (χ1) is 6.34. The van der Waals surface area contributed by atoms with Crippen LogP contribution in [-0.4, -0.2) is 9.78 Å². The lowest BCUT2D eigenvalue weighted by atomic mass is 10.3. The van der Waals surface area contributed by atoms with Crippen molar-refractivity contribution in [2.75, 3.05) is 0 Å². The third-order valence-corrected chi connectivity index (χ3v) is 2.34. The zero-order chi connectivity index (χ0) is 9.10. The Morgan fingerprint density at radius 3 is 3.00 bits per heavy atom. The molecule has 2 rings (SSSR count). The highest BCUT2D eigenvalue weighted by Crippen LogP contribution is 2.06. The molecule has 64 valence electrons. The van der Waals surface area contributed by atoms with Crippen LogP contribution in [0.15, 0.2) is 29.9 Å². The second-order valence-corrected chi connectivity index (χ2v) is 3.58. The largest absolute Gasteiger partial charge is 0.275 e. The highest BCUT2D eigenvalue weighted by Gasteiger charge is 1.89. The molecule has 0 amide bonds. The fourth-order valence-corrected chi connectivity index (χ4v) is 1.54. The van der Waals surface area contributed by atoms with Gasteiger partial charge in [0.15, 0.2) is 0 Å². The van der Waals surface area contributed by atoms with Gasteiger partial charge in [0, 0.05) is 13.2 Å². The fraction of sp³-hybridized carbons (Fsp3) is 0.100. The second kappa shape index (κ2) is 3.46. The molecule has 3 heteroatoms. The Kier molecular flexibility index (Phi) is 2.15. The number of hydrogen-bond donors (Lipinski definition) is 0. The molecule has 0 atom stereocenters. The summed E-state index contributed by atoms with van der Waals surface area (Å²) in [6.45, 7) is 0. The van der Waals surface area contributed by atoms with Crippen LogP contribution in [0.4, 0.5) is 0 Å². The van der Waals surface area contributed by atoms with Crippen molar-refractivity contribution in [3.63, 3.8) is 0 Å². The van der Waals surface area contributed by atoms with Crippen LogP contribution in [0, 0.1) is 11.8 Å². The van der Waals surface area contributed by atoms with Crippen molar-refractivity contribution in [3.05, 3.63) is 40.3 Å². The molecule has 2 heterocycles. The average molecular weight is 188 g/mol. The zero-order valence-electron chi connectivity index (χ0n) is 7.19. The highest BCUT2D eigenvalue weighted by atomic mass is 32.1. The molecule has 0 aliphatic carbocycles. The first-order valence-electron chi connectivity index (χ1n) is 3.89. The lowest BCUT2D eigenvalue weighted by Crippen LogP contribution is -1.83. The first-order valence-corrected chi connectivity index (χ1v) is 4.77. The van der Waals surface area contributed by atoms with E-state index in [-0.39, 0.29) is 0 Å². The molecule has 0 radical (unpaired) electrons. The third-order valence-electron chi connectivity index (χ3n) is 1.56. The van der Waals surface area contributed by atoms with Crippen LogP contribution in [0.3, 0.4) is 0 Å². The van der Waals surface area contributed by atoms with Crippen molar-refractivity contribution < 1.29 is 0 Å². The van der Waals surface area contributed by atoms with Crippen LogP contribution in [0.1, 0.15) is 10.4 Å². The van der Waals surface area contributed by atoms with Crippen LogP contribution >= 0.6 is 11.3 Å². The molecular formula is C10H8N2S. The average Bonchev–Trinajstić information content (AvgIpc) is 2.71. The summed E-state index contributed by atoms with van der Waals surface area (Å²) in [6.07, 6.45) is 3.67. The van der Waals surface area contributed by atoms with E-state index in [2.05, 4.69) is 16.9 Å². The number of aryl methyl sites for hydroxylation is 1. The Bertz CT molecular complexity index is 443. The van der Waals surface area contributed by atoms with Gasteiger partial charge >= 0.3 is 0 Å². The van der Waals surface area contributed by atoms with Gasteiger partial charge in [-0.15, -0.1) is 11.3 Å². The number of nitrogens with zero attached hydrogens (tertiary/aromatic N) is 2. The van der Waals surface area contributed by atoms with E-state index in [1.165, 1.54) is 0 Å². The number of thiophene rings is 1. The lowest BCUT2D eigenvalue weighted by molar-refractivity contribution is 0.767. The molecule has 0 unspecified atom stereocenters. The Hall–Kier alpha value is -1.53. The topological polar surface area (TPSA) is 17.8 Å². The Morgan fingerprint density at radius 1 is 1.46 bits per heavy atom. The van der Waals surface area contributed by atoms with Gasteiger partial charge in [0.1, 0.15) is 0 Å². The minimum absolute atomic E-state index is 0.955. The van der Waals surface area contributed by atoms with Crippen LogP contribution < -0.4 is 0 Å². The number of aromatic nitrogens is 2. The molecule has 0 saturated heterocycles. The molecule has 0 spiro atoms. The summed E-state index contributed by atoms with van der Waals surface area (Å²) in [6, 6.07) is 4.01. The summed E-state index contributed by atoms with van der Waals surface area (Å²) in [5.74, 6) is 6.11. The van der Waals surface area contributed by atoms with Gasteiger partial charge in [0.25, 0.3) is 0 Å². The summed E-state index contributed by atoms with van der Waals surface area (Å²) in [7, 11) is 1.89. The van der Waals surface area contributed by atoms with Crippen molar-refractivity contribution in [1.82, 2.24) is 9.78 Å². The van der Waals surface area contributed by atoms with Gasteiger partial charge in [-0.25, -0.2) is 0 Å². The molecule has 2 aromatic rings. The molecule has 13 heavy (non-hydrogen) atoms. The lowest BCUT2D eigenvalue weighted by Gasteiger charge is -1.79. The molecule has 0 aromatic carbocycles. The minimum atomic E-state index is 0.955. The van der Waals surface area contributed by atoms with Gasteiger partial charge in [-0.05, 0) is 11.4 Å². The maximum absolute atomic E-state index is 4.03. The van der Waals surface area contributed by atoms with Crippen molar-refractivity contribution >= 4 is 11.3 Å². The molecule has 2 nitrogen and oxygen atoms in total. The maximum atomic E-state index is 4.03. The quantitative estimate of drug-likeness (QED) is 0.577. The second-order valence-electron chi connectivity index (χ2n) is 2.63. The van der Waals surface area contributed by atoms with Crippen molar-refractivity contribution in [3.8, 4) is 11.8 Å². The van der Waals surface area contributed by atoms with Gasteiger partial charge in [0.2, 0.25) is 0 Å². The Labute approximate surface area is 80.8 Å². The number of hydrogen-bond acceptors (Lipinski definition) is 2. The molecule has 0 saturated carbocycles. The van der Waals surface area contributed by atoms with Crippen LogP contribution in [0.5, 0.6) is 0 Å². The summed E-state index contributed by atoms with van der Waals surface area (Å²) >= 11 is 1.65. The molecule has 0 N–H and O–H groups in total. The molecule has 0 aliphatic rings. The normalized spacial score (nSPS) is 9.31. The highest BCUT2D eigenvalue weighted by molar-refractivity contribution is 7.10. The van der Waals surface area contributed by atoms with Crippen LogP contribution in [0.2, 0.25) is 0 Å². The monoisotopic (exact) mass is 188 g/mol. The molecule has 0 aliphatic heterocycles. The van der Waals surface area contributed by atoms with Gasteiger partial charge in [-0.1, -0.05) is 17.9 Å². The van der Waals surface area contributed by atoms with E-state index in [1.54, 1.807) is 22.2 Å². The molecule has 0 fully saturated rings. The van der Waals surface area contributed by atoms with E-state index in [0.717, 1.165) is 10.4 Å². The fourth-order valence-electron chi connectivity index (χ4n) is 0.969. The van der Waals surface area contributed by atoms with Gasteiger partial charge in [0.05, 0.1) is 16.6 Å². The number of rotatable bonds is 0. The van der Waals surface area contributed by atoms with E-state index in [9.17, 15) is 0 Å². The Balaban J connectivity index is 2.22. The van der Waals surface area contributed by atoms with Crippen molar-refractivity contribution in [2.45, 2.75) is 0 Å². The maximum Gasteiger partial charge on any atom is 0.0772 e. The van der Waals surface area contributed by atoms with E-state index in [1.807, 2.05) is 30.8 Å². The SMILES string of the molecule is Cn1cc(C#Cc2cccs2)cn1. The predicted molar refractivity (Wildman–Crippen MR) is 53.5 cm³/mol. The van der Waals surface area contributed by atoms with Gasteiger partial charge < -0.3 is 0 Å². The van der Waals surface area contributed by atoms with Crippen molar-refractivity contribution in [2.24, 2.45) is 7.05 Å². The summed E-state index contributed by atoms with van der Waals surface area (Å²) < 4.78 is 1.75. The summed E-state index contributed by atoms with van der Waals surface area (Å²) in [5.41, 5.74) is 0.955. The summed E-state index contributed by atoms with van der Waals surface area (Å²) in [4.78, 5) is 1.09. The zero-order valence-corrected chi connectivity index (χ0v) is 8.01. The van der Waals surface area contributed by atoms with E-state index < -0.39 is 0 Å². The van der Waals surface area contributed by atoms with Gasteiger partial charge in [-0.2, -0.15) is 5.10 Å².